The van der Waals surface area contributed by atoms with Gasteiger partial charge in [-0.2, -0.15) is 0 Å². The second-order valence-corrected chi connectivity index (χ2v) is 2.08. The van der Waals surface area contributed by atoms with Crippen LogP contribution >= 0.6 is 0 Å². The van der Waals surface area contributed by atoms with Crippen molar-refractivity contribution in [3.05, 3.63) is 0 Å². The Balaban J connectivity index is 2.51. The molecule has 1 rings (SSSR count). The number of hydrogen-bond acceptors (Lipinski definition) is 2. The molecule has 0 spiro atoms. The summed E-state index contributed by atoms with van der Waals surface area (Å²) in [6, 6.07) is 0.0532. The summed E-state index contributed by atoms with van der Waals surface area (Å²) < 4.78 is 0. The molecule has 4 nitrogen and oxygen atoms in total. The lowest BCUT2D eigenvalue weighted by Gasteiger charge is -2.12. The minimum atomic E-state index is 0.0532. The molecule has 1 heterocycles. The molecule has 1 saturated heterocycles. The molecule has 0 radical (unpaired) electrons. The van der Waals surface area contributed by atoms with E-state index in [2.05, 4.69) is 5.43 Å². The molecule has 0 aromatic heterocycles. The van der Waals surface area contributed by atoms with E-state index in [1.807, 2.05) is 0 Å². The largest absolute Gasteiger partial charge is 0.334 e. The van der Waals surface area contributed by atoms with Gasteiger partial charge in [-0.1, -0.05) is 0 Å². The maximum atomic E-state index is 10.9. The number of rotatable bonds is 1. The van der Waals surface area contributed by atoms with Crippen molar-refractivity contribution < 1.29 is 4.79 Å². The summed E-state index contributed by atoms with van der Waals surface area (Å²) in [6.45, 7) is 1.60. The highest BCUT2D eigenvalue weighted by molar-refractivity contribution is 5.75. The molecule has 0 unspecified atom stereocenters. The quantitative estimate of drug-likeness (QED) is 0.517. The van der Waals surface area contributed by atoms with Gasteiger partial charge in [-0.15, -0.1) is 0 Å². The summed E-state index contributed by atoms with van der Waals surface area (Å²) in [5.74, 6) is 0. The molecule has 0 saturated carbocycles. The van der Waals surface area contributed by atoms with E-state index in [1.54, 1.807) is 24.0 Å². The predicted octanol–water partition coefficient (Wildman–Crippen LogP) is -0.512. The first-order chi connectivity index (χ1) is 4.25. The smallest absolute Gasteiger partial charge is 0.325 e. The average Bonchev–Trinajstić information content (AvgIpc) is 2.15. The first-order valence-electron chi connectivity index (χ1n) is 2.95. The molecule has 0 aliphatic carbocycles. The van der Waals surface area contributed by atoms with Crippen molar-refractivity contribution in [2.75, 3.05) is 27.2 Å². The Morgan fingerprint density at radius 2 is 2.22 bits per heavy atom. The fraction of sp³-hybridized carbons (Fsp3) is 0.800. The van der Waals surface area contributed by atoms with Crippen LogP contribution in [0.1, 0.15) is 0 Å². The van der Waals surface area contributed by atoms with Crippen LogP contribution in [0.15, 0.2) is 0 Å². The first kappa shape index (κ1) is 6.35. The van der Waals surface area contributed by atoms with Crippen molar-refractivity contribution >= 4 is 6.03 Å². The molecule has 1 N–H and O–H groups in total. The molecule has 9 heavy (non-hydrogen) atoms. The summed E-state index contributed by atoms with van der Waals surface area (Å²) in [7, 11) is 3.54. The molecular formula is C5H11N3O. The van der Waals surface area contributed by atoms with E-state index in [9.17, 15) is 4.79 Å². The number of hydrogen-bond donors (Lipinski definition) is 1. The summed E-state index contributed by atoms with van der Waals surface area (Å²) >= 11 is 0. The Bertz CT molecular complexity index is 125. The van der Waals surface area contributed by atoms with Crippen molar-refractivity contribution in [3.8, 4) is 0 Å². The van der Waals surface area contributed by atoms with Gasteiger partial charge in [0.1, 0.15) is 0 Å². The van der Waals surface area contributed by atoms with Crippen LogP contribution in [0, 0.1) is 0 Å². The third-order valence-electron chi connectivity index (χ3n) is 1.49. The minimum Gasteiger partial charge on any atom is -0.325 e. The van der Waals surface area contributed by atoms with Gasteiger partial charge in [0, 0.05) is 20.6 Å². The Morgan fingerprint density at radius 1 is 1.56 bits per heavy atom. The molecule has 52 valence electrons. The standard InChI is InChI=1S/C5H11N3O/c1-6-8-4-3-7(2)5(8)9/h6H,3-4H2,1-2H3. The number of amides is 2. The van der Waals surface area contributed by atoms with Gasteiger partial charge in [0.05, 0.1) is 6.54 Å². The molecular weight excluding hydrogens is 118 g/mol. The molecule has 1 aliphatic rings. The zero-order valence-electron chi connectivity index (χ0n) is 5.72. The van der Waals surface area contributed by atoms with E-state index < -0.39 is 0 Å². The van der Waals surface area contributed by atoms with E-state index in [0.717, 1.165) is 13.1 Å². The number of urea groups is 1. The molecule has 0 aromatic rings. The molecule has 0 bridgehead atoms. The van der Waals surface area contributed by atoms with Gasteiger partial charge >= 0.3 is 6.03 Å². The number of likely N-dealkylation sites (N-methyl/N-ethyl adjacent to an activating group) is 1. The summed E-state index contributed by atoms with van der Waals surface area (Å²) in [4.78, 5) is 12.6. The van der Waals surface area contributed by atoms with Gasteiger partial charge < -0.3 is 4.90 Å². The van der Waals surface area contributed by atoms with Crippen LogP contribution in [0.4, 0.5) is 4.79 Å². The minimum absolute atomic E-state index is 0.0532. The fourth-order valence-corrected chi connectivity index (χ4v) is 0.855. The molecule has 4 heteroatoms. The summed E-state index contributed by atoms with van der Waals surface area (Å²) in [6.07, 6.45) is 0. The second-order valence-electron chi connectivity index (χ2n) is 2.08. The Morgan fingerprint density at radius 3 is 2.44 bits per heavy atom. The molecule has 1 fully saturated rings. The predicted molar refractivity (Wildman–Crippen MR) is 33.8 cm³/mol. The van der Waals surface area contributed by atoms with Crippen LogP contribution in [0.25, 0.3) is 0 Å². The Kier molecular flexibility index (Phi) is 1.57. The van der Waals surface area contributed by atoms with Crippen LogP contribution in [-0.2, 0) is 0 Å². The van der Waals surface area contributed by atoms with Crippen LogP contribution in [-0.4, -0.2) is 43.1 Å². The average molecular weight is 129 g/mol. The molecule has 1 aliphatic heterocycles. The van der Waals surface area contributed by atoms with Crippen molar-refractivity contribution in [2.24, 2.45) is 0 Å². The highest BCUT2D eigenvalue weighted by Gasteiger charge is 2.23. The van der Waals surface area contributed by atoms with Crippen molar-refractivity contribution in [3.63, 3.8) is 0 Å². The number of nitrogens with zero attached hydrogens (tertiary/aromatic N) is 2. The SMILES string of the molecule is CNN1CCN(C)C1=O. The van der Waals surface area contributed by atoms with E-state index in [-0.39, 0.29) is 6.03 Å². The lowest BCUT2D eigenvalue weighted by atomic mass is 10.6. The number of nitrogens with one attached hydrogen (secondary N) is 1. The van der Waals surface area contributed by atoms with Gasteiger partial charge in [-0.05, 0) is 0 Å². The normalized spacial score (nSPS) is 19.6. The zero-order valence-corrected chi connectivity index (χ0v) is 5.72. The van der Waals surface area contributed by atoms with E-state index >= 15 is 0 Å². The topological polar surface area (TPSA) is 35.6 Å². The van der Waals surface area contributed by atoms with E-state index in [4.69, 9.17) is 0 Å². The van der Waals surface area contributed by atoms with Crippen LogP contribution in [0.5, 0.6) is 0 Å². The van der Waals surface area contributed by atoms with Gasteiger partial charge in [0.2, 0.25) is 0 Å². The van der Waals surface area contributed by atoms with Gasteiger partial charge in [-0.25, -0.2) is 10.2 Å². The highest BCUT2D eigenvalue weighted by atomic mass is 16.2. The maximum absolute atomic E-state index is 10.9. The van der Waals surface area contributed by atoms with Crippen LogP contribution < -0.4 is 5.43 Å². The lowest BCUT2D eigenvalue weighted by Crippen LogP contribution is -2.38. The third-order valence-corrected chi connectivity index (χ3v) is 1.49. The maximum Gasteiger partial charge on any atom is 0.334 e. The number of carbonyl (C=O) groups is 1. The van der Waals surface area contributed by atoms with Crippen LogP contribution in [0.3, 0.4) is 0 Å². The second kappa shape index (κ2) is 2.23. The van der Waals surface area contributed by atoms with E-state index in [1.165, 1.54) is 0 Å². The van der Waals surface area contributed by atoms with Gasteiger partial charge in [0.15, 0.2) is 0 Å². The van der Waals surface area contributed by atoms with Gasteiger partial charge in [0.25, 0.3) is 0 Å². The van der Waals surface area contributed by atoms with Crippen molar-refractivity contribution in [2.45, 2.75) is 0 Å². The molecule has 2 amide bonds. The summed E-state index contributed by atoms with van der Waals surface area (Å²) in [5.41, 5.74) is 2.79. The Hall–Kier alpha value is -0.770. The third kappa shape index (κ3) is 0.977. The first-order valence-corrected chi connectivity index (χ1v) is 2.95. The van der Waals surface area contributed by atoms with Gasteiger partial charge in [-0.3, -0.25) is 5.01 Å². The lowest BCUT2D eigenvalue weighted by molar-refractivity contribution is 0.185. The zero-order chi connectivity index (χ0) is 6.85. The molecule has 0 atom stereocenters. The van der Waals surface area contributed by atoms with Crippen molar-refractivity contribution in [1.29, 1.82) is 0 Å². The van der Waals surface area contributed by atoms with Crippen LogP contribution in [0.2, 0.25) is 0 Å². The fourth-order valence-electron chi connectivity index (χ4n) is 0.855. The number of hydrazine groups is 1. The molecule has 0 aromatic carbocycles. The monoisotopic (exact) mass is 129 g/mol. The van der Waals surface area contributed by atoms with Crippen molar-refractivity contribution in [1.82, 2.24) is 15.3 Å². The number of carbonyl (C=O) groups excluding carboxylic acids is 1. The van der Waals surface area contributed by atoms with E-state index in [0.29, 0.717) is 0 Å². The summed E-state index contributed by atoms with van der Waals surface area (Å²) in [5, 5.41) is 1.58. The highest BCUT2D eigenvalue weighted by Crippen LogP contribution is 2.00. The Labute approximate surface area is 54.4 Å².